The van der Waals surface area contributed by atoms with E-state index in [1.807, 2.05) is 6.92 Å². The number of nitrogens with zero attached hydrogens (tertiary/aromatic N) is 3. The highest BCUT2D eigenvalue weighted by molar-refractivity contribution is 5.89. The maximum atomic E-state index is 12.6. The van der Waals surface area contributed by atoms with Crippen LogP contribution in [0.15, 0.2) is 66.3 Å². The molecule has 7 nitrogen and oxygen atoms in total. The van der Waals surface area contributed by atoms with Gasteiger partial charge in [0.05, 0.1) is 23.8 Å². The van der Waals surface area contributed by atoms with Crippen LogP contribution in [0.1, 0.15) is 37.4 Å². The molecule has 1 aromatic heterocycles. The summed E-state index contributed by atoms with van der Waals surface area (Å²) in [5, 5.41) is 5.73. The largest absolute Gasteiger partial charge is 0.490 e. The Labute approximate surface area is 195 Å². The van der Waals surface area contributed by atoms with Gasteiger partial charge in [-0.15, -0.1) is 0 Å². The molecule has 1 aliphatic heterocycles. The van der Waals surface area contributed by atoms with Gasteiger partial charge in [-0.05, 0) is 55.7 Å². The second kappa shape index (κ2) is 8.98. The molecule has 2 N–H and O–H groups in total. The number of hydrogen-bond acceptors (Lipinski definition) is 5. The van der Waals surface area contributed by atoms with Crippen molar-refractivity contribution in [1.29, 1.82) is 0 Å². The number of carbonyl (C=O) groups excluding carboxylic acids is 1. The van der Waals surface area contributed by atoms with Gasteiger partial charge < -0.3 is 10.1 Å². The summed E-state index contributed by atoms with van der Waals surface area (Å²) in [4.78, 5) is 23.5. The van der Waals surface area contributed by atoms with E-state index in [1.54, 1.807) is 12.4 Å². The first kappa shape index (κ1) is 21.6. The number of benzene rings is 1. The molecule has 2 amide bonds. The number of nitrogens with one attached hydrogen (secondary N) is 2. The van der Waals surface area contributed by atoms with E-state index >= 15 is 0 Å². The van der Waals surface area contributed by atoms with Crippen molar-refractivity contribution in [3.05, 3.63) is 77.6 Å². The Morgan fingerprint density at radius 3 is 2.85 bits per heavy atom. The van der Waals surface area contributed by atoms with Gasteiger partial charge in [-0.1, -0.05) is 43.3 Å². The Morgan fingerprint density at radius 1 is 1.21 bits per heavy atom. The third-order valence-electron chi connectivity index (χ3n) is 6.87. The van der Waals surface area contributed by atoms with Crippen molar-refractivity contribution in [3.63, 3.8) is 0 Å². The van der Waals surface area contributed by atoms with Crippen molar-refractivity contribution in [1.82, 2.24) is 20.2 Å². The summed E-state index contributed by atoms with van der Waals surface area (Å²) in [6.45, 7) is 6.72. The number of allylic oxidation sites excluding steroid dienone is 2. The zero-order valence-electron chi connectivity index (χ0n) is 19.3. The molecule has 0 radical (unpaired) electrons. The molecule has 7 heteroatoms. The molecule has 172 valence electrons. The van der Waals surface area contributed by atoms with E-state index in [0.29, 0.717) is 24.4 Å². The molecule has 1 aromatic carbocycles. The number of hydrogen-bond donors (Lipinski definition) is 2. The van der Waals surface area contributed by atoms with Crippen LogP contribution in [-0.2, 0) is 11.3 Å². The Balaban J connectivity index is 1.21. The van der Waals surface area contributed by atoms with Gasteiger partial charge in [0.2, 0.25) is 0 Å². The third-order valence-corrected chi connectivity index (χ3v) is 6.87. The normalized spacial score (nSPS) is 26.1. The van der Waals surface area contributed by atoms with Crippen LogP contribution < -0.4 is 10.6 Å². The first-order valence-electron chi connectivity index (χ1n) is 11.7. The fourth-order valence-electron chi connectivity index (χ4n) is 4.75. The van der Waals surface area contributed by atoms with Crippen molar-refractivity contribution in [2.45, 2.75) is 45.7 Å². The first-order valence-corrected chi connectivity index (χ1v) is 11.7. The molecule has 2 fully saturated rings. The molecule has 3 aliphatic rings. The van der Waals surface area contributed by atoms with Gasteiger partial charge in [-0.3, -0.25) is 15.2 Å². The van der Waals surface area contributed by atoms with E-state index in [4.69, 9.17) is 4.74 Å². The lowest BCUT2D eigenvalue weighted by atomic mass is 9.99. The van der Waals surface area contributed by atoms with E-state index < -0.39 is 0 Å². The number of aryl methyl sites for hydroxylation is 1. The van der Waals surface area contributed by atoms with Crippen molar-refractivity contribution in [3.8, 4) is 0 Å². The summed E-state index contributed by atoms with van der Waals surface area (Å²) < 4.78 is 6.34. The highest BCUT2D eigenvalue weighted by Gasteiger charge is 2.50. The Morgan fingerprint density at radius 2 is 2.06 bits per heavy atom. The van der Waals surface area contributed by atoms with Crippen LogP contribution in [0.4, 0.5) is 10.6 Å². The predicted octanol–water partition coefficient (Wildman–Crippen LogP) is 4.40. The summed E-state index contributed by atoms with van der Waals surface area (Å²) in [7, 11) is 0. The molecule has 2 aliphatic carbocycles. The Bertz CT molecular complexity index is 1070. The van der Waals surface area contributed by atoms with Crippen molar-refractivity contribution < 1.29 is 9.53 Å². The second-order valence-electron chi connectivity index (χ2n) is 9.59. The van der Waals surface area contributed by atoms with Gasteiger partial charge in [0.1, 0.15) is 12.4 Å². The molecule has 2 heterocycles. The second-order valence-corrected chi connectivity index (χ2v) is 9.59. The van der Waals surface area contributed by atoms with E-state index in [1.165, 1.54) is 12.0 Å². The zero-order chi connectivity index (χ0) is 22.8. The standard InChI is InChI=1S/C26H31N5O2/c1-18-14-28-24(15-27-18)30-25(32)29-22-13-26(2)12-20(26)11-23(22)33-17-21-9-6-10-31(21)16-19-7-4-3-5-8-19/h3-5,7-8,11,13-15,20-21H,6,9-10,12,16-17H2,1-2H3,(H2,28,29,30,32)/t20-,21?,26?/m0/s1. The number of ether oxygens (including phenoxy) is 1. The molecular weight excluding hydrogens is 414 g/mol. The maximum Gasteiger partial charge on any atom is 0.324 e. The van der Waals surface area contributed by atoms with Gasteiger partial charge in [0.15, 0.2) is 5.82 Å². The van der Waals surface area contributed by atoms with Crippen LogP contribution in [0.25, 0.3) is 0 Å². The lowest BCUT2D eigenvalue weighted by Gasteiger charge is -2.27. The molecule has 2 unspecified atom stereocenters. The van der Waals surface area contributed by atoms with Crippen LogP contribution in [-0.4, -0.2) is 40.1 Å². The lowest BCUT2D eigenvalue weighted by molar-refractivity contribution is 0.121. The van der Waals surface area contributed by atoms with Gasteiger partial charge in [0, 0.05) is 12.6 Å². The van der Waals surface area contributed by atoms with Crippen LogP contribution in [0.5, 0.6) is 0 Å². The average molecular weight is 446 g/mol. The summed E-state index contributed by atoms with van der Waals surface area (Å²) in [5.74, 6) is 1.67. The van der Waals surface area contributed by atoms with Gasteiger partial charge >= 0.3 is 6.03 Å². The number of anilines is 1. The van der Waals surface area contributed by atoms with E-state index in [9.17, 15) is 4.79 Å². The molecule has 3 atom stereocenters. The van der Waals surface area contributed by atoms with Gasteiger partial charge in [-0.2, -0.15) is 0 Å². The number of urea groups is 1. The van der Waals surface area contributed by atoms with Crippen molar-refractivity contribution in [2.24, 2.45) is 11.3 Å². The highest BCUT2D eigenvalue weighted by atomic mass is 16.5. The quantitative estimate of drug-likeness (QED) is 0.661. The summed E-state index contributed by atoms with van der Waals surface area (Å²) in [6, 6.07) is 10.6. The smallest absolute Gasteiger partial charge is 0.324 e. The number of carbonyl (C=O) groups is 1. The molecule has 2 aromatic rings. The van der Waals surface area contributed by atoms with Crippen LogP contribution >= 0.6 is 0 Å². The fraction of sp³-hybridized carbons (Fsp3) is 0.423. The van der Waals surface area contributed by atoms with Crippen molar-refractivity contribution in [2.75, 3.05) is 18.5 Å². The summed E-state index contributed by atoms with van der Waals surface area (Å²) >= 11 is 0. The maximum absolute atomic E-state index is 12.6. The molecule has 33 heavy (non-hydrogen) atoms. The number of rotatable bonds is 7. The Kier molecular flexibility index (Phi) is 5.89. The van der Waals surface area contributed by atoms with Gasteiger partial charge in [-0.25, -0.2) is 9.78 Å². The number of aromatic nitrogens is 2. The van der Waals surface area contributed by atoms with Crippen LogP contribution in [0.2, 0.25) is 0 Å². The first-order chi connectivity index (χ1) is 16.0. The Hall–Kier alpha value is -3.19. The average Bonchev–Trinajstić information content (AvgIpc) is 3.25. The summed E-state index contributed by atoms with van der Waals surface area (Å²) in [6.07, 6.45) is 10.9. The van der Waals surface area contributed by atoms with E-state index in [-0.39, 0.29) is 11.4 Å². The molecule has 5 rings (SSSR count). The van der Waals surface area contributed by atoms with Crippen molar-refractivity contribution >= 4 is 11.8 Å². The topological polar surface area (TPSA) is 79.4 Å². The number of likely N-dealkylation sites (tertiary alicyclic amines) is 1. The van der Waals surface area contributed by atoms with Gasteiger partial charge in [0.25, 0.3) is 0 Å². The van der Waals surface area contributed by atoms with E-state index in [0.717, 1.165) is 43.1 Å². The van der Waals surface area contributed by atoms with E-state index in [2.05, 4.69) is 74.9 Å². The fourth-order valence-corrected chi connectivity index (χ4v) is 4.75. The van der Waals surface area contributed by atoms with Crippen LogP contribution in [0, 0.1) is 18.3 Å². The van der Waals surface area contributed by atoms with Crippen LogP contribution in [0.3, 0.4) is 0 Å². The molecule has 0 bridgehead atoms. The zero-order valence-corrected chi connectivity index (χ0v) is 19.3. The monoisotopic (exact) mass is 445 g/mol. The SMILES string of the molecule is Cc1cnc(NC(=O)NC2=CC3(C)C[C@@H]3C=C2OCC2CCCN2Cc2ccccc2)cn1. The molecule has 1 saturated carbocycles. The summed E-state index contributed by atoms with van der Waals surface area (Å²) in [5.41, 5.74) is 2.96. The third kappa shape index (κ3) is 5.09. The minimum Gasteiger partial charge on any atom is -0.490 e. The number of fused-ring (bicyclic) bond motifs is 1. The molecular formula is C26H31N5O2. The highest BCUT2D eigenvalue weighted by Crippen LogP contribution is 2.57. The minimum atomic E-state index is -0.344. The lowest BCUT2D eigenvalue weighted by Crippen LogP contribution is -2.34. The minimum absolute atomic E-state index is 0.103. The number of amides is 2. The molecule has 0 spiro atoms. The predicted molar refractivity (Wildman–Crippen MR) is 127 cm³/mol. The molecule has 1 saturated heterocycles.